The van der Waals surface area contributed by atoms with Crippen LogP contribution in [-0.4, -0.2) is 35.1 Å². The number of hydrogen-bond acceptors (Lipinski definition) is 2. The van der Waals surface area contributed by atoms with Crippen molar-refractivity contribution in [1.82, 2.24) is 4.90 Å². The summed E-state index contributed by atoms with van der Waals surface area (Å²) in [4.78, 5) is 14.4. The molecule has 1 amide bonds. The first kappa shape index (κ1) is 14.5. The van der Waals surface area contributed by atoms with Gasteiger partial charge in [0.2, 0.25) is 0 Å². The van der Waals surface area contributed by atoms with Crippen LogP contribution in [0.5, 0.6) is 0 Å². The van der Waals surface area contributed by atoms with Crippen LogP contribution < -0.4 is 0 Å². The molecule has 104 valence electrons. The Balaban J connectivity index is 2.07. The van der Waals surface area contributed by atoms with Gasteiger partial charge >= 0.3 is 0 Å². The van der Waals surface area contributed by atoms with Crippen LogP contribution in [-0.2, 0) is 0 Å². The number of amides is 1. The van der Waals surface area contributed by atoms with Crippen LogP contribution in [0.3, 0.4) is 0 Å². The van der Waals surface area contributed by atoms with Crippen molar-refractivity contribution in [3.05, 3.63) is 33.8 Å². The van der Waals surface area contributed by atoms with E-state index in [0.29, 0.717) is 5.92 Å². The van der Waals surface area contributed by atoms with Gasteiger partial charge in [-0.1, -0.05) is 22.0 Å². The summed E-state index contributed by atoms with van der Waals surface area (Å²) in [5.74, 6) is 0.426. The van der Waals surface area contributed by atoms with Gasteiger partial charge < -0.3 is 10.0 Å². The fraction of sp³-hybridized carbons (Fsp3) is 0.533. The number of likely N-dealkylation sites (tertiary alicyclic amines) is 1. The number of aliphatic hydroxyl groups excluding tert-OH is 1. The molecule has 1 atom stereocenters. The van der Waals surface area contributed by atoms with Crippen molar-refractivity contribution in [1.29, 1.82) is 0 Å². The lowest BCUT2D eigenvalue weighted by atomic mass is 9.91. The molecular weight excluding hydrogens is 306 g/mol. The maximum Gasteiger partial charge on any atom is 0.254 e. The maximum atomic E-state index is 12.5. The van der Waals surface area contributed by atoms with Crippen LogP contribution in [0, 0.1) is 12.8 Å². The minimum absolute atomic E-state index is 0.0999. The second-order valence-corrected chi connectivity index (χ2v) is 6.14. The summed E-state index contributed by atoms with van der Waals surface area (Å²) in [5, 5.41) is 9.59. The van der Waals surface area contributed by atoms with E-state index in [1.54, 1.807) is 0 Å². The molecule has 1 saturated heterocycles. The van der Waals surface area contributed by atoms with E-state index in [2.05, 4.69) is 15.9 Å². The summed E-state index contributed by atoms with van der Waals surface area (Å²) in [6.07, 6.45) is 1.50. The monoisotopic (exact) mass is 325 g/mol. The quantitative estimate of drug-likeness (QED) is 0.908. The van der Waals surface area contributed by atoms with Crippen LogP contribution >= 0.6 is 15.9 Å². The Kier molecular flexibility index (Phi) is 4.63. The van der Waals surface area contributed by atoms with Crippen LogP contribution in [0.4, 0.5) is 0 Å². The molecule has 1 aliphatic rings. The minimum Gasteiger partial charge on any atom is -0.393 e. The molecule has 1 aromatic carbocycles. The van der Waals surface area contributed by atoms with Crippen molar-refractivity contribution < 1.29 is 9.90 Å². The molecule has 0 saturated carbocycles. The van der Waals surface area contributed by atoms with Gasteiger partial charge in [0.05, 0.1) is 6.10 Å². The van der Waals surface area contributed by atoms with Gasteiger partial charge in [-0.3, -0.25) is 4.79 Å². The first-order chi connectivity index (χ1) is 9.00. The molecule has 0 unspecified atom stereocenters. The molecule has 1 N–H and O–H groups in total. The Morgan fingerprint density at radius 3 is 2.63 bits per heavy atom. The van der Waals surface area contributed by atoms with Crippen molar-refractivity contribution in [3.8, 4) is 0 Å². The molecular formula is C15H20BrNO2. The second-order valence-electron chi connectivity index (χ2n) is 5.28. The standard InChI is InChI=1S/C15H20BrNO2/c1-10-13(4-3-5-14(10)16)15(19)17-8-6-12(7-9-17)11(2)18/h3-5,11-12,18H,6-9H2,1-2H3/t11-/m0/s1. The SMILES string of the molecule is Cc1c(Br)cccc1C(=O)N1CCC([C@H](C)O)CC1. The molecule has 1 fully saturated rings. The molecule has 4 heteroatoms. The van der Waals surface area contributed by atoms with Gasteiger partial charge in [0, 0.05) is 23.1 Å². The molecule has 0 spiro atoms. The van der Waals surface area contributed by atoms with E-state index in [1.807, 2.05) is 36.9 Å². The van der Waals surface area contributed by atoms with Gasteiger partial charge in [-0.2, -0.15) is 0 Å². The Hall–Kier alpha value is -0.870. The third-order valence-corrected chi connectivity index (χ3v) is 4.87. The largest absolute Gasteiger partial charge is 0.393 e. The Labute approximate surface area is 122 Å². The number of piperidine rings is 1. The Morgan fingerprint density at radius 1 is 1.42 bits per heavy atom. The molecule has 1 aromatic rings. The predicted octanol–water partition coefficient (Wildman–Crippen LogP) is 2.99. The van der Waals surface area contributed by atoms with Gasteiger partial charge in [-0.25, -0.2) is 0 Å². The molecule has 0 bridgehead atoms. The van der Waals surface area contributed by atoms with Gasteiger partial charge in [0.25, 0.3) is 5.91 Å². The Morgan fingerprint density at radius 2 is 2.05 bits per heavy atom. The van der Waals surface area contributed by atoms with E-state index < -0.39 is 0 Å². The third kappa shape index (κ3) is 3.18. The lowest BCUT2D eigenvalue weighted by Crippen LogP contribution is -2.41. The minimum atomic E-state index is -0.273. The molecule has 0 aliphatic carbocycles. The topological polar surface area (TPSA) is 40.5 Å². The number of hydrogen-bond donors (Lipinski definition) is 1. The highest BCUT2D eigenvalue weighted by Gasteiger charge is 2.26. The molecule has 3 nitrogen and oxygen atoms in total. The summed E-state index contributed by atoms with van der Waals surface area (Å²) < 4.78 is 0.970. The molecule has 2 rings (SSSR count). The smallest absolute Gasteiger partial charge is 0.254 e. The number of halogens is 1. The number of carbonyl (C=O) groups is 1. The molecule has 0 aromatic heterocycles. The number of carbonyl (C=O) groups excluding carboxylic acids is 1. The second kappa shape index (κ2) is 6.06. The van der Waals surface area contributed by atoms with Gasteiger partial charge in [-0.15, -0.1) is 0 Å². The summed E-state index contributed by atoms with van der Waals surface area (Å²) in [6.45, 7) is 5.27. The van der Waals surface area contributed by atoms with Crippen LogP contribution in [0.15, 0.2) is 22.7 Å². The van der Waals surface area contributed by atoms with E-state index in [4.69, 9.17) is 0 Å². The van der Waals surface area contributed by atoms with E-state index in [0.717, 1.165) is 41.5 Å². The summed E-state index contributed by atoms with van der Waals surface area (Å²) in [6, 6.07) is 5.72. The summed E-state index contributed by atoms with van der Waals surface area (Å²) >= 11 is 3.46. The molecule has 19 heavy (non-hydrogen) atoms. The van der Waals surface area contributed by atoms with Crippen molar-refractivity contribution in [2.75, 3.05) is 13.1 Å². The van der Waals surface area contributed by atoms with Gasteiger partial charge in [-0.05, 0) is 50.3 Å². The van der Waals surface area contributed by atoms with Crippen molar-refractivity contribution in [3.63, 3.8) is 0 Å². The summed E-state index contributed by atoms with van der Waals surface area (Å²) in [5.41, 5.74) is 1.76. The van der Waals surface area contributed by atoms with E-state index in [1.165, 1.54) is 0 Å². The number of nitrogens with zero attached hydrogens (tertiary/aromatic N) is 1. The first-order valence-electron chi connectivity index (χ1n) is 6.73. The molecule has 1 aliphatic heterocycles. The maximum absolute atomic E-state index is 12.5. The van der Waals surface area contributed by atoms with E-state index >= 15 is 0 Å². The lowest BCUT2D eigenvalue weighted by Gasteiger charge is -2.33. The van der Waals surface area contributed by atoms with Gasteiger partial charge in [0.1, 0.15) is 0 Å². The Bertz CT molecular complexity index is 465. The van der Waals surface area contributed by atoms with Crippen LogP contribution in [0.25, 0.3) is 0 Å². The number of aliphatic hydroxyl groups is 1. The van der Waals surface area contributed by atoms with Gasteiger partial charge in [0.15, 0.2) is 0 Å². The average Bonchev–Trinajstić information content (AvgIpc) is 2.41. The lowest BCUT2D eigenvalue weighted by molar-refractivity contribution is 0.0521. The zero-order chi connectivity index (χ0) is 14.0. The van der Waals surface area contributed by atoms with Crippen molar-refractivity contribution in [2.24, 2.45) is 5.92 Å². The van der Waals surface area contributed by atoms with Crippen LogP contribution in [0.2, 0.25) is 0 Å². The zero-order valence-electron chi connectivity index (χ0n) is 11.4. The first-order valence-corrected chi connectivity index (χ1v) is 7.52. The zero-order valence-corrected chi connectivity index (χ0v) is 13.0. The number of rotatable bonds is 2. The van der Waals surface area contributed by atoms with Crippen molar-refractivity contribution >= 4 is 21.8 Å². The molecule has 0 radical (unpaired) electrons. The fourth-order valence-electron chi connectivity index (χ4n) is 2.59. The third-order valence-electron chi connectivity index (χ3n) is 4.01. The van der Waals surface area contributed by atoms with E-state index in [9.17, 15) is 9.90 Å². The average molecular weight is 326 g/mol. The highest BCUT2D eigenvalue weighted by atomic mass is 79.9. The van der Waals surface area contributed by atoms with Crippen LogP contribution in [0.1, 0.15) is 35.7 Å². The van der Waals surface area contributed by atoms with Crippen molar-refractivity contribution in [2.45, 2.75) is 32.8 Å². The highest BCUT2D eigenvalue weighted by molar-refractivity contribution is 9.10. The normalized spacial score (nSPS) is 18.4. The predicted molar refractivity (Wildman–Crippen MR) is 79.2 cm³/mol. The molecule has 1 heterocycles. The number of benzene rings is 1. The fourth-order valence-corrected chi connectivity index (χ4v) is 2.96. The van der Waals surface area contributed by atoms with E-state index in [-0.39, 0.29) is 12.0 Å². The highest BCUT2D eigenvalue weighted by Crippen LogP contribution is 2.25. The summed E-state index contributed by atoms with van der Waals surface area (Å²) in [7, 11) is 0.